The molecule has 1 aliphatic heterocycles. The van der Waals surface area contributed by atoms with Crippen LogP contribution in [0.5, 0.6) is 0 Å². The van der Waals surface area contributed by atoms with Crippen LogP contribution in [0.25, 0.3) is 0 Å². The number of rotatable bonds is 3. The normalized spacial score (nSPS) is 31.0. The SMILES string of the molecule is CCC(=O)OC1(c2ccccc2)CCN(C)C(C)C1C. The molecule has 0 amide bonds. The van der Waals surface area contributed by atoms with Gasteiger partial charge in [-0.05, 0) is 19.5 Å². The summed E-state index contributed by atoms with van der Waals surface area (Å²) in [6.07, 6.45) is 1.27. The van der Waals surface area contributed by atoms with Gasteiger partial charge in [-0.15, -0.1) is 0 Å². The zero-order valence-electron chi connectivity index (χ0n) is 12.9. The summed E-state index contributed by atoms with van der Waals surface area (Å²) in [5.41, 5.74) is 0.634. The Kier molecular flexibility index (Phi) is 4.48. The van der Waals surface area contributed by atoms with Gasteiger partial charge >= 0.3 is 5.97 Å². The maximum absolute atomic E-state index is 12.0. The summed E-state index contributed by atoms with van der Waals surface area (Å²) in [5, 5.41) is 0. The lowest BCUT2D eigenvalue weighted by atomic mass is 9.73. The molecule has 0 saturated carbocycles. The van der Waals surface area contributed by atoms with Gasteiger partial charge in [-0.1, -0.05) is 44.2 Å². The topological polar surface area (TPSA) is 29.5 Å². The van der Waals surface area contributed by atoms with Gasteiger partial charge in [0.05, 0.1) is 0 Å². The number of nitrogens with zero attached hydrogens (tertiary/aromatic N) is 1. The Bertz CT molecular complexity index is 459. The van der Waals surface area contributed by atoms with E-state index in [0.29, 0.717) is 12.5 Å². The fourth-order valence-electron chi connectivity index (χ4n) is 3.15. The molecule has 1 saturated heterocycles. The second-order valence-electron chi connectivity index (χ2n) is 5.84. The highest BCUT2D eigenvalue weighted by Gasteiger charge is 2.47. The molecule has 3 heteroatoms. The van der Waals surface area contributed by atoms with Crippen molar-refractivity contribution < 1.29 is 9.53 Å². The third kappa shape index (κ3) is 2.59. The van der Waals surface area contributed by atoms with Crippen molar-refractivity contribution >= 4 is 5.97 Å². The molecule has 1 aromatic rings. The molecule has 1 aromatic carbocycles. The van der Waals surface area contributed by atoms with E-state index in [1.165, 1.54) is 0 Å². The Balaban J connectivity index is 2.42. The first kappa shape index (κ1) is 15.0. The molecule has 20 heavy (non-hydrogen) atoms. The minimum atomic E-state index is -0.486. The first-order chi connectivity index (χ1) is 9.51. The van der Waals surface area contributed by atoms with Crippen LogP contribution in [0.3, 0.4) is 0 Å². The molecule has 0 N–H and O–H groups in total. The van der Waals surface area contributed by atoms with Crippen LogP contribution in [0.1, 0.15) is 39.2 Å². The van der Waals surface area contributed by atoms with E-state index in [9.17, 15) is 4.79 Å². The number of piperidine rings is 1. The summed E-state index contributed by atoms with van der Waals surface area (Å²) in [4.78, 5) is 14.3. The lowest BCUT2D eigenvalue weighted by Crippen LogP contribution is -2.54. The standard InChI is InChI=1S/C17H25NO2/c1-5-16(19)20-17(15-9-7-6-8-10-15)11-12-18(4)14(3)13(17)2/h6-10,13-14H,5,11-12H2,1-4H3. The van der Waals surface area contributed by atoms with E-state index in [2.05, 4.69) is 37.9 Å². The van der Waals surface area contributed by atoms with Gasteiger partial charge in [0.2, 0.25) is 0 Å². The van der Waals surface area contributed by atoms with Gasteiger partial charge in [0.15, 0.2) is 0 Å². The van der Waals surface area contributed by atoms with Crippen molar-refractivity contribution in [3.05, 3.63) is 35.9 Å². The summed E-state index contributed by atoms with van der Waals surface area (Å²) in [6.45, 7) is 7.19. The van der Waals surface area contributed by atoms with Crippen LogP contribution in [-0.4, -0.2) is 30.5 Å². The van der Waals surface area contributed by atoms with Crippen molar-refractivity contribution in [1.82, 2.24) is 4.90 Å². The summed E-state index contributed by atoms with van der Waals surface area (Å²) in [5.74, 6) is 0.150. The molecular formula is C17H25NO2. The predicted octanol–water partition coefficient (Wildman–Crippen LogP) is 3.20. The van der Waals surface area contributed by atoms with Gasteiger partial charge in [0.1, 0.15) is 5.60 Å². The maximum Gasteiger partial charge on any atom is 0.306 e. The fourth-order valence-corrected chi connectivity index (χ4v) is 3.15. The Morgan fingerprint density at radius 2 is 2.00 bits per heavy atom. The van der Waals surface area contributed by atoms with Crippen LogP contribution in [0.2, 0.25) is 0 Å². The van der Waals surface area contributed by atoms with Gasteiger partial charge in [-0.25, -0.2) is 0 Å². The first-order valence-electron chi connectivity index (χ1n) is 7.49. The number of hydrogen-bond donors (Lipinski definition) is 0. The highest BCUT2D eigenvalue weighted by atomic mass is 16.6. The molecule has 2 rings (SSSR count). The first-order valence-corrected chi connectivity index (χ1v) is 7.49. The van der Waals surface area contributed by atoms with E-state index in [-0.39, 0.29) is 11.9 Å². The van der Waals surface area contributed by atoms with Crippen LogP contribution in [-0.2, 0) is 15.1 Å². The van der Waals surface area contributed by atoms with Gasteiger partial charge < -0.3 is 9.64 Å². The summed E-state index contributed by atoms with van der Waals surface area (Å²) in [6, 6.07) is 10.6. The molecule has 1 aliphatic rings. The van der Waals surface area contributed by atoms with Gasteiger partial charge in [-0.2, -0.15) is 0 Å². The Morgan fingerprint density at radius 3 is 2.60 bits per heavy atom. The predicted molar refractivity (Wildman–Crippen MR) is 80.4 cm³/mol. The maximum atomic E-state index is 12.0. The van der Waals surface area contributed by atoms with Crippen molar-refractivity contribution in [1.29, 1.82) is 0 Å². The largest absolute Gasteiger partial charge is 0.454 e. The highest BCUT2D eigenvalue weighted by Crippen LogP contribution is 2.43. The molecule has 110 valence electrons. The number of carbonyl (C=O) groups excluding carboxylic acids is 1. The van der Waals surface area contributed by atoms with Crippen LogP contribution < -0.4 is 0 Å². The molecule has 0 radical (unpaired) electrons. The molecule has 0 bridgehead atoms. The van der Waals surface area contributed by atoms with E-state index in [1.807, 2.05) is 25.1 Å². The molecule has 1 heterocycles. The Morgan fingerprint density at radius 1 is 1.35 bits per heavy atom. The zero-order chi connectivity index (χ0) is 14.8. The van der Waals surface area contributed by atoms with Crippen LogP contribution in [0.15, 0.2) is 30.3 Å². The fraction of sp³-hybridized carbons (Fsp3) is 0.588. The second-order valence-corrected chi connectivity index (χ2v) is 5.84. The second kappa shape index (κ2) is 5.96. The van der Waals surface area contributed by atoms with E-state index in [1.54, 1.807) is 0 Å². The highest BCUT2D eigenvalue weighted by molar-refractivity contribution is 5.69. The molecule has 0 aliphatic carbocycles. The molecule has 3 atom stereocenters. The lowest BCUT2D eigenvalue weighted by Gasteiger charge is -2.49. The Hall–Kier alpha value is -1.35. The lowest BCUT2D eigenvalue weighted by molar-refractivity contribution is -0.178. The van der Waals surface area contributed by atoms with E-state index in [4.69, 9.17) is 4.74 Å². The van der Waals surface area contributed by atoms with Crippen molar-refractivity contribution in [2.24, 2.45) is 5.92 Å². The van der Waals surface area contributed by atoms with Crippen molar-refractivity contribution in [2.45, 2.75) is 45.3 Å². The van der Waals surface area contributed by atoms with E-state index in [0.717, 1.165) is 18.5 Å². The average Bonchev–Trinajstić information content (AvgIpc) is 2.49. The number of esters is 1. The number of benzene rings is 1. The van der Waals surface area contributed by atoms with E-state index >= 15 is 0 Å². The van der Waals surface area contributed by atoms with Gasteiger partial charge in [0.25, 0.3) is 0 Å². The van der Waals surface area contributed by atoms with Crippen molar-refractivity contribution in [3.63, 3.8) is 0 Å². The molecule has 3 nitrogen and oxygen atoms in total. The zero-order valence-corrected chi connectivity index (χ0v) is 12.9. The monoisotopic (exact) mass is 275 g/mol. The van der Waals surface area contributed by atoms with Crippen molar-refractivity contribution in [2.75, 3.05) is 13.6 Å². The average molecular weight is 275 g/mol. The number of likely N-dealkylation sites (tertiary alicyclic amines) is 1. The molecule has 0 spiro atoms. The van der Waals surface area contributed by atoms with Gasteiger partial charge in [-0.3, -0.25) is 4.79 Å². The third-order valence-electron chi connectivity index (χ3n) is 4.84. The Labute approximate surface area is 121 Å². The van der Waals surface area contributed by atoms with Gasteiger partial charge in [0, 0.05) is 31.3 Å². The summed E-state index contributed by atoms with van der Waals surface area (Å²) < 4.78 is 5.98. The minimum absolute atomic E-state index is 0.113. The van der Waals surface area contributed by atoms with Crippen LogP contribution >= 0.6 is 0 Å². The van der Waals surface area contributed by atoms with Crippen LogP contribution in [0.4, 0.5) is 0 Å². The number of ether oxygens (including phenoxy) is 1. The molecule has 0 aromatic heterocycles. The van der Waals surface area contributed by atoms with Crippen LogP contribution in [0, 0.1) is 5.92 Å². The van der Waals surface area contributed by atoms with E-state index < -0.39 is 5.60 Å². The smallest absolute Gasteiger partial charge is 0.306 e. The summed E-state index contributed by atoms with van der Waals surface area (Å²) in [7, 11) is 2.14. The minimum Gasteiger partial charge on any atom is -0.454 e. The summed E-state index contributed by atoms with van der Waals surface area (Å²) >= 11 is 0. The number of carbonyl (C=O) groups is 1. The number of hydrogen-bond acceptors (Lipinski definition) is 3. The third-order valence-corrected chi connectivity index (χ3v) is 4.84. The molecule has 3 unspecified atom stereocenters. The molecular weight excluding hydrogens is 250 g/mol. The van der Waals surface area contributed by atoms with Crippen molar-refractivity contribution in [3.8, 4) is 0 Å². The molecule has 1 fully saturated rings. The quantitative estimate of drug-likeness (QED) is 0.793.